The Kier molecular flexibility index (Phi) is 9.48. The number of H-pyrrole nitrogens is 1. The number of hydrogen-bond acceptors (Lipinski definition) is 5. The van der Waals surface area contributed by atoms with E-state index in [4.69, 9.17) is 19.5 Å². The van der Waals surface area contributed by atoms with Gasteiger partial charge in [0.25, 0.3) is 0 Å². The number of methoxy groups -OCH3 is 2. The van der Waals surface area contributed by atoms with E-state index in [1.807, 2.05) is 54.9 Å². The van der Waals surface area contributed by atoms with Gasteiger partial charge in [-0.05, 0) is 100 Å². The zero-order chi connectivity index (χ0) is 37.3. The predicted molar refractivity (Wildman–Crippen MR) is 218 cm³/mol. The standard InChI is InChI=1S/C47H46N4O2/c1-46(2,3)31-26-33(37-18-12-14-24-48-37)44(52-7)35(28-31)39-20-22-41(50-39)43(30-16-10-9-11-17-30)42-23-21-40(51-42)36-29-32(47(4,5)6)27-34(45(36)53-8)38-19-13-15-25-49-38/h9-29,50H,1-8H3/b43-42-. The van der Waals surface area contributed by atoms with Gasteiger partial charge in [-0.2, -0.15) is 0 Å². The number of pyridine rings is 2. The molecule has 6 heteroatoms. The van der Waals surface area contributed by atoms with Crippen molar-refractivity contribution in [1.82, 2.24) is 15.0 Å². The van der Waals surface area contributed by atoms with Crippen LogP contribution in [0.3, 0.4) is 0 Å². The monoisotopic (exact) mass is 698 g/mol. The van der Waals surface area contributed by atoms with Crippen LogP contribution in [0.25, 0.3) is 39.3 Å². The highest BCUT2D eigenvalue weighted by Crippen LogP contribution is 2.43. The van der Waals surface area contributed by atoms with Crippen molar-refractivity contribution >= 4 is 11.3 Å². The summed E-state index contributed by atoms with van der Waals surface area (Å²) in [6.45, 7) is 13.4. The summed E-state index contributed by atoms with van der Waals surface area (Å²) in [5, 5.41) is 0. The molecule has 6 aromatic rings. The summed E-state index contributed by atoms with van der Waals surface area (Å²) in [6, 6.07) is 35.4. The lowest BCUT2D eigenvalue weighted by Crippen LogP contribution is -2.14. The minimum absolute atomic E-state index is 0.0985. The first kappa shape index (κ1) is 35.4. The van der Waals surface area contributed by atoms with Crippen molar-refractivity contribution < 1.29 is 9.47 Å². The van der Waals surface area contributed by atoms with Crippen LogP contribution < -0.4 is 9.47 Å². The first-order valence-corrected chi connectivity index (χ1v) is 18.0. The summed E-state index contributed by atoms with van der Waals surface area (Å²) in [6.07, 6.45) is 7.82. The molecular weight excluding hydrogens is 653 g/mol. The number of nitrogens with one attached hydrogen (secondary N) is 1. The summed E-state index contributed by atoms with van der Waals surface area (Å²) in [7, 11) is 3.45. The quantitative estimate of drug-likeness (QED) is 0.172. The summed E-state index contributed by atoms with van der Waals surface area (Å²) < 4.78 is 12.3. The molecule has 0 bridgehead atoms. The van der Waals surface area contributed by atoms with Crippen molar-refractivity contribution in [2.24, 2.45) is 4.99 Å². The number of aliphatic imine (C=N–C) groups is 1. The second kappa shape index (κ2) is 14.2. The normalized spacial score (nSPS) is 13.9. The third-order valence-electron chi connectivity index (χ3n) is 9.68. The van der Waals surface area contributed by atoms with Crippen LogP contribution in [0.5, 0.6) is 11.5 Å². The minimum atomic E-state index is -0.107. The Morgan fingerprint density at radius 3 is 1.62 bits per heavy atom. The van der Waals surface area contributed by atoms with Gasteiger partial charge in [-0.1, -0.05) is 84.0 Å². The van der Waals surface area contributed by atoms with E-state index in [0.717, 1.165) is 79.1 Å². The van der Waals surface area contributed by atoms with E-state index in [1.54, 1.807) is 14.2 Å². The SMILES string of the molecule is COc1c(C2=N/C(=C(/c3ccccc3)c3ccc(-c4cc(C(C)(C)C)cc(-c5ccccn5)c4OC)[nH]3)C=C2)cc(C(C)(C)C)cc1-c1ccccn1. The molecule has 3 aromatic heterocycles. The van der Waals surface area contributed by atoms with Crippen LogP contribution in [-0.4, -0.2) is 34.9 Å². The molecule has 0 spiro atoms. The molecule has 0 atom stereocenters. The molecule has 1 aliphatic rings. The third kappa shape index (κ3) is 7.10. The van der Waals surface area contributed by atoms with E-state index in [-0.39, 0.29) is 10.8 Å². The Hall–Kier alpha value is -6.01. The minimum Gasteiger partial charge on any atom is -0.495 e. The van der Waals surface area contributed by atoms with Gasteiger partial charge in [-0.15, -0.1) is 0 Å². The number of hydrogen-bond donors (Lipinski definition) is 1. The fourth-order valence-corrected chi connectivity index (χ4v) is 6.77. The van der Waals surface area contributed by atoms with Crippen molar-refractivity contribution in [2.45, 2.75) is 52.4 Å². The summed E-state index contributed by atoms with van der Waals surface area (Å²) in [5.74, 6) is 1.52. The van der Waals surface area contributed by atoms with Gasteiger partial charge < -0.3 is 14.5 Å². The molecule has 1 aliphatic heterocycles. The summed E-state index contributed by atoms with van der Waals surface area (Å²) >= 11 is 0. The zero-order valence-electron chi connectivity index (χ0n) is 31.8. The maximum atomic E-state index is 6.15. The van der Waals surface area contributed by atoms with Crippen LogP contribution >= 0.6 is 0 Å². The molecule has 0 radical (unpaired) electrons. The predicted octanol–water partition coefficient (Wildman–Crippen LogP) is 11.2. The number of aromatic amines is 1. The van der Waals surface area contributed by atoms with Gasteiger partial charge in [0.1, 0.15) is 11.5 Å². The van der Waals surface area contributed by atoms with Crippen LogP contribution in [0, 0.1) is 0 Å². The van der Waals surface area contributed by atoms with Crippen LogP contribution in [0.4, 0.5) is 0 Å². The van der Waals surface area contributed by atoms with E-state index in [2.05, 4.69) is 124 Å². The van der Waals surface area contributed by atoms with E-state index in [9.17, 15) is 0 Å². The van der Waals surface area contributed by atoms with Gasteiger partial charge in [0.05, 0.1) is 37.0 Å². The maximum Gasteiger partial charge on any atom is 0.137 e. The maximum absolute atomic E-state index is 6.15. The fraction of sp³-hybridized carbons (Fsp3) is 0.213. The van der Waals surface area contributed by atoms with Gasteiger partial charge in [0, 0.05) is 51.6 Å². The van der Waals surface area contributed by atoms with Crippen molar-refractivity contribution in [3.05, 3.63) is 161 Å². The molecule has 0 fully saturated rings. The summed E-state index contributed by atoms with van der Waals surface area (Å²) in [5.41, 5.74) is 13.3. The molecule has 6 nitrogen and oxygen atoms in total. The lowest BCUT2D eigenvalue weighted by Gasteiger charge is -2.23. The molecule has 266 valence electrons. The molecule has 0 aliphatic carbocycles. The molecule has 0 saturated carbocycles. The van der Waals surface area contributed by atoms with Gasteiger partial charge >= 0.3 is 0 Å². The second-order valence-electron chi connectivity index (χ2n) is 15.4. The smallest absolute Gasteiger partial charge is 0.137 e. The molecule has 1 N–H and O–H groups in total. The average Bonchev–Trinajstić information content (AvgIpc) is 3.85. The highest BCUT2D eigenvalue weighted by Gasteiger charge is 2.26. The van der Waals surface area contributed by atoms with E-state index < -0.39 is 0 Å². The van der Waals surface area contributed by atoms with Crippen molar-refractivity contribution in [2.75, 3.05) is 14.2 Å². The number of ether oxygens (including phenoxy) is 2. The third-order valence-corrected chi connectivity index (χ3v) is 9.68. The van der Waals surface area contributed by atoms with E-state index in [1.165, 1.54) is 11.1 Å². The van der Waals surface area contributed by atoms with Crippen LogP contribution in [0.15, 0.2) is 138 Å². The Morgan fingerprint density at radius 1 is 0.566 bits per heavy atom. The number of benzene rings is 3. The Labute approximate surface area is 313 Å². The average molecular weight is 699 g/mol. The summed E-state index contributed by atoms with van der Waals surface area (Å²) in [4.78, 5) is 18.5. The Bertz CT molecular complexity index is 2360. The first-order valence-electron chi connectivity index (χ1n) is 18.0. The largest absolute Gasteiger partial charge is 0.495 e. The molecule has 0 amide bonds. The molecule has 7 rings (SSSR count). The lowest BCUT2D eigenvalue weighted by atomic mass is 9.83. The van der Waals surface area contributed by atoms with E-state index >= 15 is 0 Å². The first-order chi connectivity index (χ1) is 25.5. The number of allylic oxidation sites excluding steroid dienone is 2. The van der Waals surface area contributed by atoms with Gasteiger partial charge in [-0.25, -0.2) is 4.99 Å². The molecule has 0 saturated heterocycles. The highest BCUT2D eigenvalue weighted by molar-refractivity contribution is 6.15. The van der Waals surface area contributed by atoms with Crippen molar-refractivity contribution in [1.29, 1.82) is 0 Å². The number of aromatic nitrogens is 3. The molecule has 53 heavy (non-hydrogen) atoms. The van der Waals surface area contributed by atoms with Crippen LogP contribution in [-0.2, 0) is 10.8 Å². The molecule has 3 aromatic carbocycles. The van der Waals surface area contributed by atoms with Crippen LogP contribution in [0.2, 0.25) is 0 Å². The van der Waals surface area contributed by atoms with Gasteiger partial charge in [0.2, 0.25) is 0 Å². The number of rotatable bonds is 8. The molecule has 4 heterocycles. The highest BCUT2D eigenvalue weighted by atomic mass is 16.5. The zero-order valence-corrected chi connectivity index (χ0v) is 31.8. The number of nitrogens with zero attached hydrogens (tertiary/aromatic N) is 3. The van der Waals surface area contributed by atoms with Crippen LogP contribution in [0.1, 0.15) is 69.5 Å². The Balaban J connectivity index is 1.41. The topological polar surface area (TPSA) is 72.4 Å². The van der Waals surface area contributed by atoms with Crippen molar-refractivity contribution in [3.63, 3.8) is 0 Å². The molecule has 0 unspecified atom stereocenters. The fourth-order valence-electron chi connectivity index (χ4n) is 6.77. The second-order valence-corrected chi connectivity index (χ2v) is 15.4. The van der Waals surface area contributed by atoms with Gasteiger partial charge in [0.15, 0.2) is 0 Å². The molecular formula is C47H46N4O2. The Morgan fingerprint density at radius 2 is 1.09 bits per heavy atom. The van der Waals surface area contributed by atoms with Gasteiger partial charge in [-0.3, -0.25) is 9.97 Å². The van der Waals surface area contributed by atoms with Crippen molar-refractivity contribution in [3.8, 4) is 45.3 Å². The van der Waals surface area contributed by atoms with E-state index in [0.29, 0.717) is 0 Å². The lowest BCUT2D eigenvalue weighted by molar-refractivity contribution is 0.415.